The molecule has 0 saturated heterocycles. The summed E-state index contributed by atoms with van der Waals surface area (Å²) in [6.07, 6.45) is 0.803. The second kappa shape index (κ2) is 5.29. The topological polar surface area (TPSA) is 43.4 Å². The van der Waals surface area contributed by atoms with Crippen LogP contribution in [0.5, 0.6) is 0 Å². The van der Waals surface area contributed by atoms with E-state index in [9.17, 15) is 9.59 Å². The van der Waals surface area contributed by atoms with Crippen molar-refractivity contribution in [2.24, 2.45) is 0 Å². The van der Waals surface area contributed by atoms with E-state index in [1.165, 1.54) is 6.92 Å². The zero-order chi connectivity index (χ0) is 11.3. The molecule has 80 valence electrons. The van der Waals surface area contributed by atoms with Gasteiger partial charge >= 0.3 is 5.97 Å². The number of ketones is 1. The van der Waals surface area contributed by atoms with Crippen molar-refractivity contribution in [2.45, 2.75) is 20.3 Å². The first-order valence-electron chi connectivity index (χ1n) is 4.93. The van der Waals surface area contributed by atoms with E-state index in [0.29, 0.717) is 17.7 Å². The standard InChI is InChI=1S/C12H14O3/c1-3-8-15-12(14)11-6-4-10(5-7-11)9(2)13/h4-7H,3,8H2,1-2H3. The highest BCUT2D eigenvalue weighted by Crippen LogP contribution is 2.06. The van der Waals surface area contributed by atoms with Gasteiger partial charge in [-0.25, -0.2) is 4.79 Å². The molecule has 3 nitrogen and oxygen atoms in total. The van der Waals surface area contributed by atoms with E-state index < -0.39 is 0 Å². The molecule has 0 N–H and O–H groups in total. The lowest BCUT2D eigenvalue weighted by Gasteiger charge is -2.03. The number of hydrogen-bond donors (Lipinski definition) is 0. The molecule has 0 amide bonds. The van der Waals surface area contributed by atoms with Gasteiger partial charge in [-0.1, -0.05) is 19.1 Å². The molecule has 0 unspecified atom stereocenters. The summed E-state index contributed by atoms with van der Waals surface area (Å²) in [5, 5.41) is 0. The van der Waals surface area contributed by atoms with Crippen molar-refractivity contribution in [3.05, 3.63) is 35.4 Å². The zero-order valence-electron chi connectivity index (χ0n) is 8.95. The summed E-state index contributed by atoms with van der Waals surface area (Å²) >= 11 is 0. The van der Waals surface area contributed by atoms with Crippen LogP contribution < -0.4 is 0 Å². The lowest BCUT2D eigenvalue weighted by atomic mass is 10.1. The van der Waals surface area contributed by atoms with Crippen molar-refractivity contribution >= 4 is 11.8 Å². The van der Waals surface area contributed by atoms with E-state index in [1.807, 2.05) is 6.92 Å². The Morgan fingerprint density at radius 2 is 1.67 bits per heavy atom. The molecular weight excluding hydrogens is 192 g/mol. The molecular formula is C12H14O3. The molecule has 0 radical (unpaired) electrons. The van der Waals surface area contributed by atoms with E-state index in [4.69, 9.17) is 4.74 Å². The minimum atomic E-state index is -0.341. The molecule has 3 heteroatoms. The Morgan fingerprint density at radius 1 is 1.13 bits per heavy atom. The third-order valence-corrected chi connectivity index (χ3v) is 1.96. The molecule has 0 heterocycles. The van der Waals surface area contributed by atoms with E-state index in [1.54, 1.807) is 24.3 Å². The minimum absolute atomic E-state index is 0.0107. The molecule has 0 aliphatic heterocycles. The van der Waals surface area contributed by atoms with Crippen molar-refractivity contribution in [1.29, 1.82) is 0 Å². The lowest BCUT2D eigenvalue weighted by molar-refractivity contribution is 0.0505. The van der Waals surface area contributed by atoms with Gasteiger partial charge in [0.1, 0.15) is 0 Å². The van der Waals surface area contributed by atoms with E-state index >= 15 is 0 Å². The summed E-state index contributed by atoms with van der Waals surface area (Å²) in [5.74, 6) is -0.351. The van der Waals surface area contributed by atoms with Gasteiger partial charge in [-0.3, -0.25) is 4.79 Å². The fourth-order valence-electron chi connectivity index (χ4n) is 1.12. The molecule has 0 atom stereocenters. The lowest BCUT2D eigenvalue weighted by Crippen LogP contribution is -2.06. The largest absolute Gasteiger partial charge is 0.462 e. The number of ether oxygens (including phenoxy) is 1. The van der Waals surface area contributed by atoms with Crippen molar-refractivity contribution in [3.8, 4) is 0 Å². The van der Waals surface area contributed by atoms with Crippen LogP contribution in [0.3, 0.4) is 0 Å². The van der Waals surface area contributed by atoms with Gasteiger partial charge in [-0.15, -0.1) is 0 Å². The number of benzene rings is 1. The van der Waals surface area contributed by atoms with Gasteiger partial charge in [0.05, 0.1) is 12.2 Å². The maximum absolute atomic E-state index is 11.4. The van der Waals surface area contributed by atoms with Crippen LogP contribution in [0.15, 0.2) is 24.3 Å². The normalized spacial score (nSPS) is 9.73. The number of esters is 1. The number of carbonyl (C=O) groups excluding carboxylic acids is 2. The zero-order valence-corrected chi connectivity index (χ0v) is 8.95. The highest BCUT2D eigenvalue weighted by molar-refractivity contribution is 5.96. The second-order valence-corrected chi connectivity index (χ2v) is 3.27. The Labute approximate surface area is 89.1 Å². The van der Waals surface area contributed by atoms with Crippen molar-refractivity contribution in [2.75, 3.05) is 6.61 Å². The number of rotatable bonds is 4. The summed E-state index contributed by atoms with van der Waals surface area (Å²) in [7, 11) is 0. The third kappa shape index (κ3) is 3.20. The molecule has 0 fully saturated rings. The number of carbonyl (C=O) groups is 2. The van der Waals surface area contributed by atoms with Gasteiger partial charge < -0.3 is 4.74 Å². The SMILES string of the molecule is CCCOC(=O)c1ccc(C(C)=O)cc1. The van der Waals surface area contributed by atoms with Gasteiger partial charge in [0, 0.05) is 5.56 Å². The number of hydrogen-bond acceptors (Lipinski definition) is 3. The smallest absolute Gasteiger partial charge is 0.338 e. The van der Waals surface area contributed by atoms with Gasteiger partial charge in [-0.05, 0) is 25.5 Å². The van der Waals surface area contributed by atoms with Crippen LogP contribution in [0.4, 0.5) is 0 Å². The Balaban J connectivity index is 2.71. The van der Waals surface area contributed by atoms with Crippen molar-refractivity contribution < 1.29 is 14.3 Å². The highest BCUT2D eigenvalue weighted by Gasteiger charge is 2.06. The molecule has 0 saturated carbocycles. The first kappa shape index (κ1) is 11.4. The fraction of sp³-hybridized carbons (Fsp3) is 0.333. The summed E-state index contributed by atoms with van der Waals surface area (Å²) < 4.78 is 4.95. The third-order valence-electron chi connectivity index (χ3n) is 1.96. The Hall–Kier alpha value is -1.64. The molecule has 0 aliphatic carbocycles. The molecule has 0 bridgehead atoms. The van der Waals surface area contributed by atoms with Crippen LogP contribution in [0, 0.1) is 0 Å². The van der Waals surface area contributed by atoms with Crippen molar-refractivity contribution in [3.63, 3.8) is 0 Å². The minimum Gasteiger partial charge on any atom is -0.462 e. The quantitative estimate of drug-likeness (QED) is 0.561. The van der Waals surface area contributed by atoms with E-state index in [-0.39, 0.29) is 11.8 Å². The highest BCUT2D eigenvalue weighted by atomic mass is 16.5. The van der Waals surface area contributed by atoms with Crippen LogP contribution in [-0.4, -0.2) is 18.4 Å². The predicted molar refractivity (Wildman–Crippen MR) is 57.0 cm³/mol. The average molecular weight is 206 g/mol. The van der Waals surface area contributed by atoms with Gasteiger partial charge in [0.2, 0.25) is 0 Å². The average Bonchev–Trinajstić information content (AvgIpc) is 2.26. The first-order chi connectivity index (χ1) is 7.15. The first-order valence-corrected chi connectivity index (χ1v) is 4.93. The van der Waals surface area contributed by atoms with Crippen LogP contribution in [0.25, 0.3) is 0 Å². The second-order valence-electron chi connectivity index (χ2n) is 3.27. The summed E-state index contributed by atoms with van der Waals surface area (Å²) in [6.45, 7) is 3.85. The summed E-state index contributed by atoms with van der Waals surface area (Å²) in [5.41, 5.74) is 1.08. The Morgan fingerprint density at radius 3 is 2.13 bits per heavy atom. The van der Waals surface area contributed by atoms with Crippen molar-refractivity contribution in [1.82, 2.24) is 0 Å². The van der Waals surface area contributed by atoms with Gasteiger partial charge in [-0.2, -0.15) is 0 Å². The summed E-state index contributed by atoms with van der Waals surface area (Å²) in [6, 6.07) is 6.47. The molecule has 0 aromatic heterocycles. The predicted octanol–water partition coefficient (Wildman–Crippen LogP) is 2.46. The monoisotopic (exact) mass is 206 g/mol. The van der Waals surface area contributed by atoms with Crippen LogP contribution in [-0.2, 0) is 4.74 Å². The Bertz CT molecular complexity index is 352. The number of Topliss-reactive ketones (excluding diaryl/α,β-unsaturated/α-hetero) is 1. The van der Waals surface area contributed by atoms with Gasteiger partial charge in [0.25, 0.3) is 0 Å². The molecule has 1 aromatic rings. The molecule has 1 rings (SSSR count). The van der Waals surface area contributed by atoms with Crippen LogP contribution >= 0.6 is 0 Å². The molecule has 15 heavy (non-hydrogen) atoms. The Kier molecular flexibility index (Phi) is 4.03. The van der Waals surface area contributed by atoms with E-state index in [2.05, 4.69) is 0 Å². The maximum Gasteiger partial charge on any atom is 0.338 e. The molecule has 0 aliphatic rings. The molecule has 1 aromatic carbocycles. The van der Waals surface area contributed by atoms with Crippen LogP contribution in [0.1, 0.15) is 41.0 Å². The molecule has 0 spiro atoms. The summed E-state index contributed by atoms with van der Waals surface area (Å²) in [4.78, 5) is 22.4. The van der Waals surface area contributed by atoms with Crippen LogP contribution in [0.2, 0.25) is 0 Å². The fourth-order valence-corrected chi connectivity index (χ4v) is 1.12. The van der Waals surface area contributed by atoms with Gasteiger partial charge in [0.15, 0.2) is 5.78 Å². The maximum atomic E-state index is 11.4. The van der Waals surface area contributed by atoms with E-state index in [0.717, 1.165) is 6.42 Å².